The van der Waals surface area contributed by atoms with Crippen molar-refractivity contribution in [1.29, 1.82) is 5.26 Å². The molecule has 5 nitrogen and oxygen atoms in total. The summed E-state index contributed by atoms with van der Waals surface area (Å²) in [4.78, 5) is 12.4. The SMILES string of the molecule is N#CCn1cc(C=NNC(=O)c2cccs2)c2ccccc21. The van der Waals surface area contributed by atoms with Gasteiger partial charge in [0.05, 0.1) is 17.2 Å². The predicted octanol–water partition coefficient (Wildman–Crippen LogP) is 2.99. The first-order valence-electron chi connectivity index (χ1n) is 6.61. The lowest BCUT2D eigenvalue weighted by Gasteiger charge is -1.96. The number of nitrogens with zero attached hydrogens (tertiary/aromatic N) is 3. The highest BCUT2D eigenvalue weighted by molar-refractivity contribution is 7.12. The first kappa shape index (κ1) is 14.0. The van der Waals surface area contributed by atoms with Gasteiger partial charge < -0.3 is 4.57 Å². The molecular weight excluding hydrogens is 296 g/mol. The van der Waals surface area contributed by atoms with Crippen molar-refractivity contribution in [3.63, 3.8) is 0 Å². The van der Waals surface area contributed by atoms with E-state index in [9.17, 15) is 4.79 Å². The number of amides is 1. The standard InChI is InChI=1S/C16H12N4OS/c17-7-8-20-11-12(13-4-1-2-5-14(13)20)10-18-19-16(21)15-6-3-9-22-15/h1-6,9-11H,8H2,(H,19,21). The van der Waals surface area contributed by atoms with Crippen LogP contribution < -0.4 is 5.43 Å². The maximum atomic E-state index is 11.8. The number of hydrogen-bond acceptors (Lipinski definition) is 4. The van der Waals surface area contributed by atoms with Gasteiger partial charge in [-0.1, -0.05) is 24.3 Å². The number of nitrogens with one attached hydrogen (secondary N) is 1. The van der Waals surface area contributed by atoms with Gasteiger partial charge in [-0.05, 0) is 17.5 Å². The van der Waals surface area contributed by atoms with Crippen molar-refractivity contribution >= 4 is 34.4 Å². The Kier molecular flexibility index (Phi) is 3.99. The van der Waals surface area contributed by atoms with Crippen molar-refractivity contribution in [2.75, 3.05) is 0 Å². The molecule has 3 rings (SSSR count). The van der Waals surface area contributed by atoms with Crippen molar-refractivity contribution < 1.29 is 4.79 Å². The molecule has 22 heavy (non-hydrogen) atoms. The first-order chi connectivity index (χ1) is 10.8. The molecule has 2 heterocycles. The second-order valence-corrected chi connectivity index (χ2v) is 5.51. The Bertz CT molecular complexity index is 871. The van der Waals surface area contributed by atoms with Crippen LogP contribution in [0.15, 0.2) is 53.1 Å². The van der Waals surface area contributed by atoms with Crippen LogP contribution in [0.2, 0.25) is 0 Å². The average molecular weight is 308 g/mol. The topological polar surface area (TPSA) is 70.2 Å². The van der Waals surface area contributed by atoms with E-state index in [2.05, 4.69) is 16.6 Å². The lowest BCUT2D eigenvalue weighted by molar-refractivity contribution is 0.0959. The van der Waals surface area contributed by atoms with E-state index < -0.39 is 0 Å². The van der Waals surface area contributed by atoms with E-state index in [-0.39, 0.29) is 12.5 Å². The molecule has 0 fully saturated rings. The fourth-order valence-corrected chi connectivity index (χ4v) is 2.82. The van der Waals surface area contributed by atoms with Gasteiger partial charge in [0, 0.05) is 22.7 Å². The molecular formula is C16H12N4OS. The number of hydrazone groups is 1. The molecule has 0 atom stereocenters. The third-order valence-electron chi connectivity index (χ3n) is 3.18. The van der Waals surface area contributed by atoms with Gasteiger partial charge in [0.1, 0.15) is 6.54 Å². The summed E-state index contributed by atoms with van der Waals surface area (Å²) in [5, 5.41) is 15.7. The lowest BCUT2D eigenvalue weighted by atomic mass is 10.2. The fraction of sp³-hybridized carbons (Fsp3) is 0.0625. The molecule has 1 N–H and O–H groups in total. The van der Waals surface area contributed by atoms with Crippen LogP contribution in [0.3, 0.4) is 0 Å². The zero-order valence-corrected chi connectivity index (χ0v) is 12.4. The summed E-state index contributed by atoms with van der Waals surface area (Å²) in [7, 11) is 0. The molecule has 1 aromatic carbocycles. The van der Waals surface area contributed by atoms with E-state index in [1.807, 2.05) is 46.5 Å². The molecule has 6 heteroatoms. The number of fused-ring (bicyclic) bond motifs is 1. The number of para-hydroxylation sites is 1. The minimum Gasteiger partial charge on any atom is -0.333 e. The van der Waals surface area contributed by atoms with Crippen molar-refractivity contribution in [3.8, 4) is 6.07 Å². The van der Waals surface area contributed by atoms with Gasteiger partial charge in [-0.15, -0.1) is 11.3 Å². The summed E-state index contributed by atoms with van der Waals surface area (Å²) in [6.07, 6.45) is 3.45. The van der Waals surface area contributed by atoms with Crippen LogP contribution in [0, 0.1) is 11.3 Å². The summed E-state index contributed by atoms with van der Waals surface area (Å²) < 4.78 is 1.86. The van der Waals surface area contributed by atoms with Gasteiger partial charge >= 0.3 is 0 Å². The van der Waals surface area contributed by atoms with Gasteiger partial charge in [-0.25, -0.2) is 5.43 Å². The Morgan fingerprint density at radius 2 is 2.23 bits per heavy atom. The molecule has 3 aromatic rings. The quantitative estimate of drug-likeness (QED) is 0.594. The number of carbonyl (C=O) groups excluding carboxylic acids is 1. The van der Waals surface area contributed by atoms with Gasteiger partial charge in [-0.2, -0.15) is 10.4 Å². The number of rotatable bonds is 4. The highest BCUT2D eigenvalue weighted by atomic mass is 32.1. The minimum atomic E-state index is -0.230. The number of carbonyl (C=O) groups is 1. The zero-order valence-electron chi connectivity index (χ0n) is 11.6. The van der Waals surface area contributed by atoms with Gasteiger partial charge in [0.2, 0.25) is 0 Å². The van der Waals surface area contributed by atoms with Gasteiger partial charge in [0.15, 0.2) is 0 Å². The number of aromatic nitrogens is 1. The molecule has 0 aliphatic heterocycles. The lowest BCUT2D eigenvalue weighted by Crippen LogP contribution is -2.16. The maximum absolute atomic E-state index is 11.8. The van der Waals surface area contributed by atoms with E-state index in [0.717, 1.165) is 16.5 Å². The van der Waals surface area contributed by atoms with Gasteiger partial charge in [-0.3, -0.25) is 4.79 Å². The molecule has 0 aliphatic rings. The highest BCUT2D eigenvalue weighted by Gasteiger charge is 2.07. The summed E-state index contributed by atoms with van der Waals surface area (Å²) in [6.45, 7) is 0.274. The normalized spacial score (nSPS) is 10.9. The Hall–Kier alpha value is -2.91. The second kappa shape index (κ2) is 6.24. The Balaban J connectivity index is 1.83. The van der Waals surface area contributed by atoms with Crippen LogP contribution in [0.5, 0.6) is 0 Å². The third-order valence-corrected chi connectivity index (χ3v) is 4.04. The molecule has 108 valence electrons. The van der Waals surface area contributed by atoms with Crippen molar-refractivity contribution in [2.24, 2.45) is 5.10 Å². The molecule has 2 aromatic heterocycles. The monoisotopic (exact) mass is 308 g/mol. The minimum absolute atomic E-state index is 0.230. The summed E-state index contributed by atoms with van der Waals surface area (Å²) in [5.74, 6) is -0.230. The number of nitriles is 1. The van der Waals surface area contributed by atoms with E-state index in [4.69, 9.17) is 5.26 Å². The first-order valence-corrected chi connectivity index (χ1v) is 7.49. The third kappa shape index (κ3) is 2.75. The number of benzene rings is 1. The molecule has 0 saturated heterocycles. The van der Waals surface area contributed by atoms with E-state index >= 15 is 0 Å². The molecule has 0 spiro atoms. The molecule has 0 aliphatic carbocycles. The number of thiophene rings is 1. The van der Waals surface area contributed by atoms with E-state index in [0.29, 0.717) is 4.88 Å². The largest absolute Gasteiger partial charge is 0.333 e. The van der Waals surface area contributed by atoms with Crippen LogP contribution in [0.25, 0.3) is 10.9 Å². The van der Waals surface area contributed by atoms with Crippen LogP contribution >= 0.6 is 11.3 Å². The second-order valence-electron chi connectivity index (χ2n) is 4.56. The van der Waals surface area contributed by atoms with E-state index in [1.165, 1.54) is 11.3 Å². The van der Waals surface area contributed by atoms with E-state index in [1.54, 1.807) is 12.3 Å². The van der Waals surface area contributed by atoms with Crippen LogP contribution in [0.4, 0.5) is 0 Å². The van der Waals surface area contributed by atoms with Crippen LogP contribution in [-0.2, 0) is 6.54 Å². The highest BCUT2D eigenvalue weighted by Crippen LogP contribution is 2.19. The molecule has 0 saturated carbocycles. The van der Waals surface area contributed by atoms with Gasteiger partial charge in [0.25, 0.3) is 5.91 Å². The zero-order chi connectivity index (χ0) is 15.4. The summed E-state index contributed by atoms with van der Waals surface area (Å²) in [6, 6.07) is 13.5. The average Bonchev–Trinajstić information content (AvgIpc) is 3.17. The van der Waals surface area contributed by atoms with Crippen molar-refractivity contribution in [3.05, 3.63) is 58.4 Å². The molecule has 0 unspecified atom stereocenters. The summed E-state index contributed by atoms with van der Waals surface area (Å²) in [5.41, 5.74) is 4.33. The maximum Gasteiger partial charge on any atom is 0.281 e. The molecule has 0 radical (unpaired) electrons. The van der Waals surface area contributed by atoms with Crippen LogP contribution in [0.1, 0.15) is 15.2 Å². The smallest absolute Gasteiger partial charge is 0.281 e. The Morgan fingerprint density at radius 1 is 1.36 bits per heavy atom. The van der Waals surface area contributed by atoms with Crippen LogP contribution in [-0.4, -0.2) is 16.7 Å². The van der Waals surface area contributed by atoms with Crippen molar-refractivity contribution in [2.45, 2.75) is 6.54 Å². The number of hydrogen-bond donors (Lipinski definition) is 1. The molecule has 1 amide bonds. The fourth-order valence-electron chi connectivity index (χ4n) is 2.21. The Morgan fingerprint density at radius 3 is 3.00 bits per heavy atom. The Labute approximate surface area is 131 Å². The predicted molar refractivity (Wildman–Crippen MR) is 86.9 cm³/mol. The van der Waals surface area contributed by atoms with Crippen molar-refractivity contribution in [1.82, 2.24) is 9.99 Å². The summed E-state index contributed by atoms with van der Waals surface area (Å²) >= 11 is 1.36. The molecule has 0 bridgehead atoms.